The van der Waals surface area contributed by atoms with Crippen molar-refractivity contribution < 1.29 is 17.9 Å². The van der Waals surface area contributed by atoms with Gasteiger partial charge >= 0.3 is 6.18 Å². The average Bonchev–Trinajstić information content (AvgIpc) is 2.87. The second-order valence-electron chi connectivity index (χ2n) is 5.92. The molecule has 0 N–H and O–H groups in total. The van der Waals surface area contributed by atoms with E-state index < -0.39 is 17.2 Å². The number of hydrogen-bond donors (Lipinski definition) is 0. The molecule has 1 aliphatic rings. The summed E-state index contributed by atoms with van der Waals surface area (Å²) in [6, 6.07) is 10.9. The van der Waals surface area contributed by atoms with E-state index in [2.05, 4.69) is 0 Å². The molecule has 1 unspecified atom stereocenters. The Kier molecular flexibility index (Phi) is 5.40. The zero-order chi connectivity index (χ0) is 18.8. The molecule has 2 nitrogen and oxygen atoms in total. The number of halogens is 3. The first-order chi connectivity index (χ1) is 11.8. The maximum Gasteiger partial charge on any atom is 0.416 e. The molecule has 1 heterocycles. The summed E-state index contributed by atoms with van der Waals surface area (Å²) in [5, 5.41) is 0. The van der Waals surface area contributed by atoms with Crippen LogP contribution in [0, 0.1) is 0 Å². The van der Waals surface area contributed by atoms with Crippen molar-refractivity contribution in [2.24, 2.45) is 0 Å². The number of hydrogen-bond acceptors (Lipinski definition) is 2. The lowest BCUT2D eigenvalue weighted by Gasteiger charge is -2.27. The highest BCUT2D eigenvalue weighted by molar-refractivity contribution is 6.19. The predicted octanol–water partition coefficient (Wildman–Crippen LogP) is 4.95. The molecule has 0 fully saturated rings. The highest BCUT2D eigenvalue weighted by Crippen LogP contribution is 2.46. The van der Waals surface area contributed by atoms with E-state index in [0.717, 1.165) is 17.3 Å². The third kappa shape index (κ3) is 3.48. The van der Waals surface area contributed by atoms with E-state index in [-0.39, 0.29) is 0 Å². The van der Waals surface area contributed by atoms with Crippen molar-refractivity contribution in [3.05, 3.63) is 59.2 Å². The minimum atomic E-state index is -4.37. The molecular formula is C19H21BF3NO. The Morgan fingerprint density at radius 2 is 1.80 bits per heavy atom. The summed E-state index contributed by atoms with van der Waals surface area (Å²) in [5.41, 5.74) is 0.940. The number of nitrogens with zero attached hydrogens (tertiary/aromatic N) is 1. The van der Waals surface area contributed by atoms with Gasteiger partial charge in [-0.2, -0.15) is 13.2 Å². The third-order valence-corrected chi connectivity index (χ3v) is 4.42. The minimum Gasteiger partial charge on any atom is -0.497 e. The van der Waals surface area contributed by atoms with Crippen molar-refractivity contribution in [3.63, 3.8) is 0 Å². The summed E-state index contributed by atoms with van der Waals surface area (Å²) in [6.45, 7) is 6.30. The van der Waals surface area contributed by atoms with Crippen LogP contribution in [0.1, 0.15) is 37.5 Å². The molecule has 2 aromatic carbocycles. The van der Waals surface area contributed by atoms with Gasteiger partial charge in [0, 0.05) is 17.6 Å². The first-order valence-corrected chi connectivity index (χ1v) is 8.14. The van der Waals surface area contributed by atoms with Crippen LogP contribution in [0.4, 0.5) is 18.9 Å². The van der Waals surface area contributed by atoms with Gasteiger partial charge in [-0.15, -0.1) is 0 Å². The molecule has 132 valence electrons. The molecule has 0 saturated carbocycles. The molecular weight excluding hydrogens is 326 g/mol. The van der Waals surface area contributed by atoms with E-state index in [1.807, 2.05) is 32.9 Å². The fraction of sp³-hybridized carbons (Fsp3) is 0.368. The van der Waals surface area contributed by atoms with Crippen LogP contribution in [0.15, 0.2) is 42.5 Å². The van der Waals surface area contributed by atoms with Crippen LogP contribution >= 0.6 is 0 Å². The van der Waals surface area contributed by atoms with Gasteiger partial charge in [0.1, 0.15) is 5.75 Å². The SMILES string of the molecule is CC.[B]N1CC(C)(c2cccc(C(F)(F)F)c2)c2cc(OC)ccc21. The molecule has 0 saturated heterocycles. The van der Waals surface area contributed by atoms with E-state index in [1.165, 1.54) is 12.1 Å². The Balaban J connectivity index is 0.00000109. The van der Waals surface area contributed by atoms with Crippen LogP contribution in [0.25, 0.3) is 0 Å². The van der Waals surface area contributed by atoms with E-state index in [0.29, 0.717) is 17.9 Å². The van der Waals surface area contributed by atoms with Crippen molar-refractivity contribution in [1.82, 2.24) is 0 Å². The number of methoxy groups -OCH3 is 1. The molecule has 0 spiro atoms. The molecule has 1 atom stereocenters. The first kappa shape index (κ1) is 19.2. The Hall–Kier alpha value is -2.11. The van der Waals surface area contributed by atoms with Crippen molar-refractivity contribution >= 4 is 13.7 Å². The number of rotatable bonds is 2. The summed E-state index contributed by atoms with van der Waals surface area (Å²) in [7, 11) is 7.60. The molecule has 2 aromatic rings. The zero-order valence-electron chi connectivity index (χ0n) is 14.8. The molecule has 25 heavy (non-hydrogen) atoms. The topological polar surface area (TPSA) is 12.5 Å². The number of alkyl halides is 3. The Labute approximate surface area is 148 Å². The molecule has 6 heteroatoms. The summed E-state index contributed by atoms with van der Waals surface area (Å²) >= 11 is 0. The van der Waals surface area contributed by atoms with Gasteiger partial charge in [-0.3, -0.25) is 0 Å². The van der Waals surface area contributed by atoms with Crippen LogP contribution in [-0.2, 0) is 11.6 Å². The third-order valence-electron chi connectivity index (χ3n) is 4.42. The van der Waals surface area contributed by atoms with Gasteiger partial charge in [0.15, 0.2) is 0 Å². The second-order valence-corrected chi connectivity index (χ2v) is 5.92. The Morgan fingerprint density at radius 3 is 2.40 bits per heavy atom. The summed E-state index contributed by atoms with van der Waals surface area (Å²) in [5.74, 6) is 0.650. The Bertz CT molecular complexity index is 748. The van der Waals surface area contributed by atoms with Gasteiger partial charge in [0.25, 0.3) is 0 Å². The predicted molar refractivity (Wildman–Crippen MR) is 95.3 cm³/mol. The van der Waals surface area contributed by atoms with Crippen molar-refractivity contribution in [2.75, 3.05) is 18.5 Å². The monoisotopic (exact) mass is 347 g/mol. The summed E-state index contributed by atoms with van der Waals surface area (Å²) in [6.07, 6.45) is -4.37. The fourth-order valence-electron chi connectivity index (χ4n) is 3.13. The Morgan fingerprint density at radius 1 is 1.12 bits per heavy atom. The molecule has 0 bridgehead atoms. The van der Waals surface area contributed by atoms with Gasteiger partial charge in [-0.25, -0.2) is 0 Å². The smallest absolute Gasteiger partial charge is 0.416 e. The zero-order valence-corrected chi connectivity index (χ0v) is 14.8. The molecule has 1 aliphatic heterocycles. The van der Waals surface area contributed by atoms with E-state index in [9.17, 15) is 13.2 Å². The lowest BCUT2D eigenvalue weighted by molar-refractivity contribution is -0.137. The largest absolute Gasteiger partial charge is 0.497 e. The van der Waals surface area contributed by atoms with Crippen LogP contribution in [0.5, 0.6) is 5.75 Å². The van der Waals surface area contributed by atoms with Gasteiger partial charge in [-0.05, 0) is 42.3 Å². The average molecular weight is 347 g/mol. The highest BCUT2D eigenvalue weighted by Gasteiger charge is 2.40. The number of ether oxygens (including phenoxy) is 1. The molecule has 0 amide bonds. The van der Waals surface area contributed by atoms with E-state index in [1.54, 1.807) is 24.1 Å². The fourth-order valence-corrected chi connectivity index (χ4v) is 3.13. The van der Waals surface area contributed by atoms with Crippen LogP contribution in [0.2, 0.25) is 0 Å². The first-order valence-electron chi connectivity index (χ1n) is 8.14. The van der Waals surface area contributed by atoms with E-state index in [4.69, 9.17) is 12.7 Å². The molecule has 0 aliphatic carbocycles. The number of anilines is 1. The molecule has 2 radical (unpaired) electrons. The van der Waals surface area contributed by atoms with Crippen LogP contribution in [0.3, 0.4) is 0 Å². The highest BCUT2D eigenvalue weighted by atomic mass is 19.4. The second kappa shape index (κ2) is 7.02. The maximum absolute atomic E-state index is 13.0. The normalized spacial score (nSPS) is 19.1. The van der Waals surface area contributed by atoms with Gasteiger partial charge in [0.2, 0.25) is 7.98 Å². The number of fused-ring (bicyclic) bond motifs is 1. The standard InChI is InChI=1S/C17H15BF3NO.C2H6/c1-16(11-4-3-5-12(8-11)17(19,20)21)10-22(18)15-7-6-13(23-2)9-14(15)16;1-2/h3-9H,10H2,1-2H3;1-2H3. The lowest BCUT2D eigenvalue weighted by atomic mass is 9.77. The number of benzene rings is 2. The van der Waals surface area contributed by atoms with E-state index >= 15 is 0 Å². The van der Waals surface area contributed by atoms with Gasteiger partial charge < -0.3 is 9.55 Å². The summed E-state index contributed by atoms with van der Waals surface area (Å²) < 4.78 is 44.3. The summed E-state index contributed by atoms with van der Waals surface area (Å²) in [4.78, 5) is 1.56. The molecule has 3 rings (SSSR count). The van der Waals surface area contributed by atoms with Crippen LogP contribution < -0.4 is 9.55 Å². The lowest BCUT2D eigenvalue weighted by Crippen LogP contribution is -2.30. The molecule has 0 aromatic heterocycles. The van der Waals surface area contributed by atoms with Gasteiger partial charge in [0.05, 0.1) is 12.7 Å². The van der Waals surface area contributed by atoms with Crippen molar-refractivity contribution in [1.29, 1.82) is 0 Å². The van der Waals surface area contributed by atoms with Gasteiger partial charge in [-0.1, -0.05) is 32.0 Å². The van der Waals surface area contributed by atoms with Crippen molar-refractivity contribution in [2.45, 2.75) is 32.4 Å². The quantitative estimate of drug-likeness (QED) is 0.713. The maximum atomic E-state index is 13.0. The van der Waals surface area contributed by atoms with Crippen LogP contribution in [-0.4, -0.2) is 21.6 Å². The minimum absolute atomic E-state index is 0.400. The van der Waals surface area contributed by atoms with Crippen molar-refractivity contribution in [3.8, 4) is 5.75 Å².